The monoisotopic (exact) mass is 252 g/mol. The van der Waals surface area contributed by atoms with Gasteiger partial charge in [-0.2, -0.15) is 5.10 Å². The van der Waals surface area contributed by atoms with Gasteiger partial charge in [0.05, 0.1) is 11.9 Å². The van der Waals surface area contributed by atoms with E-state index in [0.29, 0.717) is 18.7 Å². The first kappa shape index (κ1) is 12.4. The van der Waals surface area contributed by atoms with E-state index in [0.717, 1.165) is 19.3 Å². The number of amides is 2. The lowest BCUT2D eigenvalue weighted by molar-refractivity contribution is -0.142. The van der Waals surface area contributed by atoms with Gasteiger partial charge in [-0.3, -0.25) is 5.10 Å². The number of nitrogens with one attached hydrogen (secondary N) is 2. The van der Waals surface area contributed by atoms with Crippen molar-refractivity contribution < 1.29 is 14.7 Å². The maximum atomic E-state index is 12.0. The number of carbonyl (C=O) groups is 2. The number of aliphatic carboxylic acids is 1. The molecule has 0 aromatic carbocycles. The minimum Gasteiger partial charge on any atom is -0.480 e. The molecule has 98 valence electrons. The van der Waals surface area contributed by atoms with Crippen molar-refractivity contribution in [3.05, 3.63) is 12.4 Å². The zero-order valence-electron chi connectivity index (χ0n) is 9.93. The predicted molar refractivity (Wildman–Crippen MR) is 64.2 cm³/mol. The van der Waals surface area contributed by atoms with Crippen LogP contribution in [0.4, 0.5) is 10.5 Å². The van der Waals surface area contributed by atoms with Gasteiger partial charge in [-0.05, 0) is 12.8 Å². The standard InChI is InChI=1S/C11H16N4O3/c16-10(17)9-4-2-1-3-5-15(9)11(18)14-8-6-12-13-7-8/h6-7,9H,1-5H2,(H,12,13)(H,14,18)(H,16,17). The summed E-state index contributed by atoms with van der Waals surface area (Å²) >= 11 is 0. The lowest BCUT2D eigenvalue weighted by atomic mass is 10.1. The zero-order chi connectivity index (χ0) is 13.0. The van der Waals surface area contributed by atoms with Crippen LogP contribution < -0.4 is 5.32 Å². The molecule has 1 aromatic heterocycles. The molecular formula is C11H16N4O3. The van der Waals surface area contributed by atoms with Crippen molar-refractivity contribution in [2.45, 2.75) is 31.7 Å². The normalized spacial score (nSPS) is 20.2. The summed E-state index contributed by atoms with van der Waals surface area (Å²) in [5.74, 6) is -0.945. The fourth-order valence-electron chi connectivity index (χ4n) is 2.12. The molecule has 2 rings (SSSR count). The third-order valence-corrected chi connectivity index (χ3v) is 3.05. The zero-order valence-corrected chi connectivity index (χ0v) is 9.93. The number of carbonyl (C=O) groups excluding carboxylic acids is 1. The molecule has 2 amide bonds. The molecule has 18 heavy (non-hydrogen) atoms. The van der Waals surface area contributed by atoms with Crippen molar-refractivity contribution in [2.24, 2.45) is 0 Å². The van der Waals surface area contributed by atoms with Crippen molar-refractivity contribution in [1.29, 1.82) is 0 Å². The van der Waals surface area contributed by atoms with Crippen LogP contribution in [-0.4, -0.2) is 44.8 Å². The Kier molecular flexibility index (Phi) is 3.81. The Morgan fingerprint density at radius 3 is 2.94 bits per heavy atom. The first-order valence-electron chi connectivity index (χ1n) is 5.97. The summed E-state index contributed by atoms with van der Waals surface area (Å²) in [6.45, 7) is 0.473. The molecule has 1 aliphatic rings. The van der Waals surface area contributed by atoms with Crippen LogP contribution in [0.1, 0.15) is 25.7 Å². The molecule has 0 spiro atoms. The van der Waals surface area contributed by atoms with E-state index >= 15 is 0 Å². The Labute approximate surface area is 104 Å². The molecule has 0 radical (unpaired) electrons. The Balaban J connectivity index is 2.07. The molecule has 1 unspecified atom stereocenters. The third-order valence-electron chi connectivity index (χ3n) is 3.05. The molecule has 1 fully saturated rings. The topological polar surface area (TPSA) is 98.3 Å². The average molecular weight is 252 g/mol. The van der Waals surface area contributed by atoms with Crippen molar-refractivity contribution in [2.75, 3.05) is 11.9 Å². The lowest BCUT2D eigenvalue weighted by Crippen LogP contribution is -2.46. The van der Waals surface area contributed by atoms with Crippen LogP contribution in [0, 0.1) is 0 Å². The second-order valence-corrected chi connectivity index (χ2v) is 4.31. The highest BCUT2D eigenvalue weighted by atomic mass is 16.4. The quantitative estimate of drug-likeness (QED) is 0.738. The van der Waals surface area contributed by atoms with E-state index in [2.05, 4.69) is 15.5 Å². The van der Waals surface area contributed by atoms with Gasteiger partial charge in [0, 0.05) is 12.7 Å². The summed E-state index contributed by atoms with van der Waals surface area (Å²) in [4.78, 5) is 24.6. The fourth-order valence-corrected chi connectivity index (χ4v) is 2.12. The molecule has 7 heteroatoms. The van der Waals surface area contributed by atoms with Crippen molar-refractivity contribution in [3.8, 4) is 0 Å². The first-order chi connectivity index (χ1) is 8.68. The summed E-state index contributed by atoms with van der Waals surface area (Å²) in [7, 11) is 0. The Bertz CT molecular complexity index is 418. The molecule has 7 nitrogen and oxygen atoms in total. The van der Waals surface area contributed by atoms with E-state index in [4.69, 9.17) is 5.11 Å². The smallest absolute Gasteiger partial charge is 0.326 e. The van der Waals surface area contributed by atoms with Gasteiger partial charge in [0.1, 0.15) is 6.04 Å². The van der Waals surface area contributed by atoms with Crippen LogP contribution in [0.5, 0.6) is 0 Å². The summed E-state index contributed by atoms with van der Waals surface area (Å²) in [5, 5.41) is 18.1. The molecule has 2 heterocycles. The number of aromatic nitrogens is 2. The number of likely N-dealkylation sites (tertiary alicyclic amines) is 1. The van der Waals surface area contributed by atoms with Crippen LogP contribution in [0.25, 0.3) is 0 Å². The van der Waals surface area contributed by atoms with E-state index in [9.17, 15) is 9.59 Å². The highest BCUT2D eigenvalue weighted by molar-refractivity contribution is 5.92. The molecular weight excluding hydrogens is 236 g/mol. The van der Waals surface area contributed by atoms with Crippen LogP contribution in [0.15, 0.2) is 12.4 Å². The van der Waals surface area contributed by atoms with Crippen LogP contribution in [-0.2, 0) is 4.79 Å². The first-order valence-corrected chi connectivity index (χ1v) is 5.97. The highest BCUT2D eigenvalue weighted by Gasteiger charge is 2.30. The molecule has 1 atom stereocenters. The Morgan fingerprint density at radius 2 is 2.28 bits per heavy atom. The van der Waals surface area contributed by atoms with Gasteiger partial charge in [0.15, 0.2) is 0 Å². The van der Waals surface area contributed by atoms with Gasteiger partial charge in [0.2, 0.25) is 0 Å². The van der Waals surface area contributed by atoms with Gasteiger partial charge in [-0.25, -0.2) is 9.59 Å². The van der Waals surface area contributed by atoms with Gasteiger partial charge >= 0.3 is 12.0 Å². The van der Waals surface area contributed by atoms with Gasteiger partial charge < -0.3 is 15.3 Å². The Morgan fingerprint density at radius 1 is 1.44 bits per heavy atom. The number of nitrogens with zero attached hydrogens (tertiary/aromatic N) is 2. The van der Waals surface area contributed by atoms with Gasteiger partial charge in [-0.15, -0.1) is 0 Å². The average Bonchev–Trinajstić information content (AvgIpc) is 2.70. The molecule has 0 saturated carbocycles. The highest BCUT2D eigenvalue weighted by Crippen LogP contribution is 2.18. The predicted octanol–water partition coefficient (Wildman–Crippen LogP) is 1.27. The summed E-state index contributed by atoms with van der Waals surface area (Å²) < 4.78 is 0. The van der Waals surface area contributed by atoms with E-state index in [1.165, 1.54) is 11.1 Å². The molecule has 3 N–H and O–H groups in total. The Hall–Kier alpha value is -2.05. The summed E-state index contributed by atoms with van der Waals surface area (Å²) in [5.41, 5.74) is 0.536. The van der Waals surface area contributed by atoms with E-state index in [1.54, 1.807) is 6.20 Å². The van der Waals surface area contributed by atoms with Crippen molar-refractivity contribution >= 4 is 17.7 Å². The second kappa shape index (κ2) is 5.52. The SMILES string of the molecule is O=C(O)C1CCCCCN1C(=O)Nc1cn[nH]c1. The molecule has 1 saturated heterocycles. The van der Waals surface area contributed by atoms with E-state index in [1.807, 2.05) is 0 Å². The molecule has 1 aromatic rings. The largest absolute Gasteiger partial charge is 0.480 e. The van der Waals surface area contributed by atoms with E-state index in [-0.39, 0.29) is 6.03 Å². The second-order valence-electron chi connectivity index (χ2n) is 4.31. The van der Waals surface area contributed by atoms with Gasteiger partial charge in [0.25, 0.3) is 0 Å². The summed E-state index contributed by atoms with van der Waals surface area (Å²) in [6.07, 6.45) is 6.17. The number of urea groups is 1. The number of aromatic amines is 1. The number of hydrogen-bond donors (Lipinski definition) is 3. The number of anilines is 1. The van der Waals surface area contributed by atoms with E-state index < -0.39 is 12.0 Å². The fraction of sp³-hybridized carbons (Fsp3) is 0.545. The maximum Gasteiger partial charge on any atom is 0.326 e. The number of carboxylic acid groups (broad SMARTS) is 1. The summed E-state index contributed by atoms with van der Waals surface area (Å²) in [6, 6.07) is -1.12. The molecule has 1 aliphatic heterocycles. The lowest BCUT2D eigenvalue weighted by Gasteiger charge is -2.26. The van der Waals surface area contributed by atoms with Crippen LogP contribution in [0.3, 0.4) is 0 Å². The molecule has 0 bridgehead atoms. The third kappa shape index (κ3) is 2.79. The minimum atomic E-state index is -0.945. The van der Waals surface area contributed by atoms with Crippen molar-refractivity contribution in [1.82, 2.24) is 15.1 Å². The van der Waals surface area contributed by atoms with Crippen molar-refractivity contribution in [3.63, 3.8) is 0 Å². The van der Waals surface area contributed by atoms with Crippen LogP contribution >= 0.6 is 0 Å². The van der Waals surface area contributed by atoms with Gasteiger partial charge in [-0.1, -0.05) is 12.8 Å². The number of H-pyrrole nitrogens is 1. The minimum absolute atomic E-state index is 0.384. The number of rotatable bonds is 2. The van der Waals surface area contributed by atoms with Crippen LogP contribution in [0.2, 0.25) is 0 Å². The maximum absolute atomic E-state index is 12.0. The number of carboxylic acids is 1. The number of hydrogen-bond acceptors (Lipinski definition) is 3. The molecule has 0 aliphatic carbocycles.